The van der Waals surface area contributed by atoms with E-state index in [0.717, 1.165) is 11.1 Å². The van der Waals surface area contributed by atoms with Crippen LogP contribution in [0.1, 0.15) is 28.4 Å². The summed E-state index contributed by atoms with van der Waals surface area (Å²) in [5.74, 6) is 0. The number of hydrogen-bond acceptors (Lipinski definition) is 4. The minimum atomic E-state index is -3.89. The van der Waals surface area contributed by atoms with E-state index in [0.29, 0.717) is 5.56 Å². The second kappa shape index (κ2) is 8.53. The van der Waals surface area contributed by atoms with E-state index in [-0.39, 0.29) is 17.9 Å². The zero-order valence-electron chi connectivity index (χ0n) is 13.8. The Bertz CT molecular complexity index is 840. The van der Waals surface area contributed by atoms with Gasteiger partial charge in [-0.25, -0.2) is 4.21 Å². The molecular weight excluding hydrogens is 360 g/mol. The molecule has 1 N–H and O–H groups in total. The predicted molar refractivity (Wildman–Crippen MR) is 99.0 cm³/mol. The summed E-state index contributed by atoms with van der Waals surface area (Å²) < 4.78 is 50.4. The Morgan fingerprint density at radius 2 is 1.76 bits per heavy atom. The Morgan fingerprint density at radius 1 is 1.16 bits per heavy atom. The van der Waals surface area contributed by atoms with Crippen LogP contribution in [-0.4, -0.2) is 23.8 Å². The molecule has 0 saturated carbocycles. The SMILES string of the molecule is C=Cc1ccc(C(CCOS(=O)(=O)c2ccc(C)cc2)S(=O)O)cc1. The Balaban J connectivity index is 2.04. The van der Waals surface area contributed by atoms with Gasteiger partial charge in [0, 0.05) is 0 Å². The monoisotopic (exact) mass is 380 g/mol. The van der Waals surface area contributed by atoms with E-state index in [9.17, 15) is 17.2 Å². The summed E-state index contributed by atoms with van der Waals surface area (Å²) in [6.07, 6.45) is 1.77. The van der Waals surface area contributed by atoms with Gasteiger partial charge >= 0.3 is 0 Å². The van der Waals surface area contributed by atoms with Gasteiger partial charge in [0.2, 0.25) is 0 Å². The zero-order valence-corrected chi connectivity index (χ0v) is 15.4. The number of benzene rings is 2. The van der Waals surface area contributed by atoms with Gasteiger partial charge in [-0.1, -0.05) is 54.6 Å². The molecule has 2 atom stereocenters. The number of hydrogen-bond donors (Lipinski definition) is 1. The van der Waals surface area contributed by atoms with Crippen LogP contribution in [0.3, 0.4) is 0 Å². The minimum Gasteiger partial charge on any atom is -0.306 e. The lowest BCUT2D eigenvalue weighted by atomic mass is 10.1. The summed E-state index contributed by atoms with van der Waals surface area (Å²) in [6.45, 7) is 5.33. The van der Waals surface area contributed by atoms with Crippen molar-refractivity contribution in [3.05, 3.63) is 71.8 Å². The van der Waals surface area contributed by atoms with Gasteiger partial charge < -0.3 is 4.55 Å². The van der Waals surface area contributed by atoms with E-state index >= 15 is 0 Å². The summed E-state index contributed by atoms with van der Waals surface area (Å²) in [6, 6.07) is 13.3. The molecule has 25 heavy (non-hydrogen) atoms. The summed E-state index contributed by atoms with van der Waals surface area (Å²) >= 11 is -2.14. The van der Waals surface area contributed by atoms with E-state index < -0.39 is 26.4 Å². The predicted octanol–water partition coefficient (Wildman–Crippen LogP) is 3.70. The average Bonchev–Trinajstić information content (AvgIpc) is 2.59. The third-order valence-electron chi connectivity index (χ3n) is 3.72. The van der Waals surface area contributed by atoms with Gasteiger partial charge in [0.25, 0.3) is 10.1 Å². The summed E-state index contributed by atoms with van der Waals surface area (Å²) in [5, 5.41) is -0.730. The van der Waals surface area contributed by atoms with E-state index in [1.165, 1.54) is 12.1 Å². The molecule has 0 aromatic heterocycles. The maximum absolute atomic E-state index is 12.1. The summed E-state index contributed by atoms with van der Waals surface area (Å²) in [5.41, 5.74) is 2.48. The number of aryl methyl sites for hydroxylation is 1. The third kappa shape index (κ3) is 5.34. The van der Waals surface area contributed by atoms with Crippen molar-refractivity contribution >= 4 is 27.3 Å². The van der Waals surface area contributed by atoms with Crippen molar-refractivity contribution in [2.75, 3.05) is 6.61 Å². The highest BCUT2D eigenvalue weighted by Crippen LogP contribution is 2.24. The van der Waals surface area contributed by atoms with Crippen molar-refractivity contribution in [3.8, 4) is 0 Å². The second-order valence-corrected chi connectivity index (χ2v) is 8.25. The molecule has 0 saturated heterocycles. The molecule has 7 heteroatoms. The molecule has 0 aliphatic heterocycles. The highest BCUT2D eigenvalue weighted by molar-refractivity contribution is 7.86. The van der Waals surface area contributed by atoms with Gasteiger partial charge in [-0.05, 0) is 36.6 Å². The van der Waals surface area contributed by atoms with Crippen LogP contribution in [0, 0.1) is 6.92 Å². The van der Waals surface area contributed by atoms with Crippen LogP contribution in [0.15, 0.2) is 60.0 Å². The molecule has 0 aliphatic rings. The standard InChI is InChI=1S/C18H20O5S2/c1-3-15-6-8-16(9-7-15)18(24(19)20)12-13-23-25(21,22)17-10-4-14(2)5-11-17/h3-11,18H,1,12-13H2,2H3,(H,19,20). The molecule has 2 unspecified atom stereocenters. The molecule has 0 aliphatic carbocycles. The van der Waals surface area contributed by atoms with Gasteiger partial charge in [-0.15, -0.1) is 0 Å². The fourth-order valence-electron chi connectivity index (χ4n) is 2.27. The first-order chi connectivity index (χ1) is 11.8. The van der Waals surface area contributed by atoms with Crippen LogP contribution >= 0.6 is 0 Å². The number of rotatable bonds is 8. The maximum Gasteiger partial charge on any atom is 0.296 e. The molecule has 0 radical (unpaired) electrons. The zero-order chi connectivity index (χ0) is 18.4. The van der Waals surface area contributed by atoms with E-state index in [2.05, 4.69) is 6.58 Å². The lowest BCUT2D eigenvalue weighted by Gasteiger charge is -2.14. The fraction of sp³-hybridized carbons (Fsp3) is 0.222. The Labute approximate surface area is 150 Å². The molecule has 0 bridgehead atoms. The van der Waals surface area contributed by atoms with Crippen molar-refractivity contribution in [2.45, 2.75) is 23.5 Å². The van der Waals surface area contributed by atoms with Crippen molar-refractivity contribution in [1.29, 1.82) is 0 Å². The molecule has 2 aromatic carbocycles. The van der Waals surface area contributed by atoms with Crippen LogP contribution < -0.4 is 0 Å². The van der Waals surface area contributed by atoms with E-state index in [4.69, 9.17) is 4.18 Å². The lowest BCUT2D eigenvalue weighted by Crippen LogP contribution is -2.13. The molecular formula is C18H20O5S2. The molecule has 0 fully saturated rings. The fourth-order valence-corrected chi connectivity index (χ4v) is 3.88. The van der Waals surface area contributed by atoms with Crippen LogP contribution in [0.4, 0.5) is 0 Å². The quantitative estimate of drug-likeness (QED) is 0.558. The maximum atomic E-state index is 12.1. The third-order valence-corrected chi connectivity index (χ3v) is 6.04. The Kier molecular flexibility index (Phi) is 6.66. The second-order valence-electron chi connectivity index (χ2n) is 5.51. The van der Waals surface area contributed by atoms with Crippen LogP contribution in [0.2, 0.25) is 0 Å². The minimum absolute atomic E-state index is 0.0649. The first-order valence-electron chi connectivity index (χ1n) is 7.61. The topological polar surface area (TPSA) is 80.7 Å². The first-order valence-corrected chi connectivity index (χ1v) is 10.2. The molecule has 2 rings (SSSR count). The molecule has 2 aromatic rings. The molecule has 134 valence electrons. The normalized spacial score (nSPS) is 14.0. The van der Waals surface area contributed by atoms with Crippen molar-refractivity contribution in [2.24, 2.45) is 0 Å². The highest BCUT2D eigenvalue weighted by Gasteiger charge is 2.20. The first kappa shape index (κ1) is 19.5. The largest absolute Gasteiger partial charge is 0.306 e. The Hall–Kier alpha value is -1.80. The van der Waals surface area contributed by atoms with Crippen LogP contribution in [-0.2, 0) is 25.4 Å². The van der Waals surface area contributed by atoms with Crippen molar-refractivity contribution in [1.82, 2.24) is 0 Å². The van der Waals surface area contributed by atoms with E-state index in [1.807, 2.05) is 6.92 Å². The van der Waals surface area contributed by atoms with Crippen molar-refractivity contribution < 1.29 is 21.4 Å². The van der Waals surface area contributed by atoms with Crippen LogP contribution in [0.25, 0.3) is 6.08 Å². The molecule has 0 spiro atoms. The van der Waals surface area contributed by atoms with E-state index in [1.54, 1.807) is 42.5 Å². The van der Waals surface area contributed by atoms with Gasteiger partial charge in [0.05, 0.1) is 16.8 Å². The molecule has 5 nitrogen and oxygen atoms in total. The van der Waals surface area contributed by atoms with Gasteiger partial charge in [0.1, 0.15) is 0 Å². The van der Waals surface area contributed by atoms with Crippen LogP contribution in [0.5, 0.6) is 0 Å². The highest BCUT2D eigenvalue weighted by atomic mass is 32.2. The average molecular weight is 380 g/mol. The van der Waals surface area contributed by atoms with Crippen molar-refractivity contribution in [3.63, 3.8) is 0 Å². The lowest BCUT2D eigenvalue weighted by molar-refractivity contribution is 0.309. The van der Waals surface area contributed by atoms with Gasteiger partial charge in [0.15, 0.2) is 11.1 Å². The molecule has 0 amide bonds. The summed E-state index contributed by atoms with van der Waals surface area (Å²) in [7, 11) is -3.89. The summed E-state index contributed by atoms with van der Waals surface area (Å²) in [4.78, 5) is 0.0649. The van der Waals surface area contributed by atoms with Gasteiger partial charge in [-0.2, -0.15) is 8.42 Å². The van der Waals surface area contributed by atoms with Gasteiger partial charge in [-0.3, -0.25) is 4.18 Å². The Morgan fingerprint density at radius 3 is 2.28 bits per heavy atom. The smallest absolute Gasteiger partial charge is 0.296 e. The molecule has 0 heterocycles.